The van der Waals surface area contributed by atoms with Gasteiger partial charge in [-0.2, -0.15) is 0 Å². The first-order chi connectivity index (χ1) is 11.1. The minimum atomic E-state index is -0.0833. The largest absolute Gasteiger partial charge is 0.348 e. The van der Waals surface area contributed by atoms with E-state index in [1.807, 2.05) is 26.0 Å². The molecule has 6 heteroatoms. The van der Waals surface area contributed by atoms with E-state index < -0.39 is 0 Å². The first kappa shape index (κ1) is 21.7. The number of amides is 1. The van der Waals surface area contributed by atoms with Gasteiger partial charge in [0.1, 0.15) is 0 Å². The molecule has 1 amide bonds. The summed E-state index contributed by atoms with van der Waals surface area (Å²) in [5.41, 5.74) is 1.14. The van der Waals surface area contributed by atoms with Gasteiger partial charge in [-0.3, -0.25) is 9.69 Å². The second-order valence-corrected chi connectivity index (χ2v) is 6.30. The normalized spacial score (nSPS) is 17.0. The quantitative estimate of drug-likeness (QED) is 0.851. The van der Waals surface area contributed by atoms with Crippen LogP contribution in [-0.4, -0.2) is 43.0 Å². The van der Waals surface area contributed by atoms with Crippen LogP contribution in [0.15, 0.2) is 42.5 Å². The highest BCUT2D eigenvalue weighted by atomic mass is 35.5. The van der Waals surface area contributed by atoms with Crippen LogP contribution in [0.4, 0.5) is 0 Å². The van der Waals surface area contributed by atoms with Gasteiger partial charge in [0.05, 0.1) is 12.1 Å². The van der Waals surface area contributed by atoms with Crippen LogP contribution in [0.2, 0.25) is 0 Å². The molecule has 0 saturated carbocycles. The Morgan fingerprint density at radius 2 is 1.68 bits per heavy atom. The minimum Gasteiger partial charge on any atom is -0.348 e. The van der Waals surface area contributed by atoms with E-state index in [-0.39, 0.29) is 42.8 Å². The van der Waals surface area contributed by atoms with Crippen molar-refractivity contribution in [1.29, 1.82) is 0 Å². The SMILES string of the molecule is CC(NC(=O)C(C)N1CCNCC1)c1ccc2ccccc2c1.Cl.Cl. The zero-order valence-corrected chi connectivity index (χ0v) is 16.3. The van der Waals surface area contributed by atoms with E-state index in [0.29, 0.717) is 0 Å². The predicted molar refractivity (Wildman–Crippen MR) is 109 cm³/mol. The number of benzene rings is 2. The first-order valence-electron chi connectivity index (χ1n) is 8.39. The summed E-state index contributed by atoms with van der Waals surface area (Å²) in [7, 11) is 0. The van der Waals surface area contributed by atoms with Gasteiger partial charge in [-0.25, -0.2) is 0 Å². The number of carbonyl (C=O) groups excluding carboxylic acids is 1. The Morgan fingerprint density at radius 1 is 1.04 bits per heavy atom. The maximum absolute atomic E-state index is 12.5. The fourth-order valence-corrected chi connectivity index (χ4v) is 3.13. The minimum absolute atomic E-state index is 0. The molecular formula is C19H27Cl2N3O. The van der Waals surface area contributed by atoms with Crippen LogP contribution in [-0.2, 0) is 4.79 Å². The molecule has 2 N–H and O–H groups in total. The van der Waals surface area contributed by atoms with Crippen LogP contribution < -0.4 is 10.6 Å². The molecule has 1 aliphatic rings. The zero-order chi connectivity index (χ0) is 16.2. The van der Waals surface area contributed by atoms with Crippen molar-refractivity contribution in [3.05, 3.63) is 48.0 Å². The number of fused-ring (bicyclic) bond motifs is 1. The number of nitrogens with one attached hydrogen (secondary N) is 2. The fourth-order valence-electron chi connectivity index (χ4n) is 3.13. The Bertz CT molecular complexity index is 689. The topological polar surface area (TPSA) is 44.4 Å². The molecule has 138 valence electrons. The van der Waals surface area contributed by atoms with Crippen molar-refractivity contribution in [2.24, 2.45) is 0 Å². The third kappa shape index (κ3) is 5.32. The maximum atomic E-state index is 12.5. The van der Waals surface area contributed by atoms with Gasteiger partial charge in [-0.15, -0.1) is 24.8 Å². The molecule has 1 saturated heterocycles. The summed E-state index contributed by atoms with van der Waals surface area (Å²) in [5.74, 6) is 0.104. The number of hydrogen-bond donors (Lipinski definition) is 2. The third-order valence-corrected chi connectivity index (χ3v) is 4.71. The molecule has 2 aromatic rings. The number of hydrogen-bond acceptors (Lipinski definition) is 3. The standard InChI is InChI=1S/C19H25N3O.2ClH/c1-14(17-8-7-16-5-3-4-6-18(16)13-17)21-19(23)15(2)22-11-9-20-10-12-22;;/h3-8,13-15,20H,9-12H2,1-2H3,(H,21,23);2*1H. The third-order valence-electron chi connectivity index (χ3n) is 4.71. The van der Waals surface area contributed by atoms with Gasteiger partial charge >= 0.3 is 0 Å². The molecule has 0 aliphatic carbocycles. The van der Waals surface area contributed by atoms with E-state index >= 15 is 0 Å². The molecule has 2 atom stereocenters. The van der Waals surface area contributed by atoms with Crippen molar-refractivity contribution < 1.29 is 4.79 Å². The van der Waals surface area contributed by atoms with E-state index in [0.717, 1.165) is 31.7 Å². The molecule has 3 rings (SSSR count). The van der Waals surface area contributed by atoms with E-state index in [9.17, 15) is 4.79 Å². The zero-order valence-electron chi connectivity index (χ0n) is 14.7. The summed E-state index contributed by atoms with van der Waals surface area (Å²) in [6.07, 6.45) is 0. The van der Waals surface area contributed by atoms with Crippen LogP contribution in [0.1, 0.15) is 25.5 Å². The summed E-state index contributed by atoms with van der Waals surface area (Å²) in [4.78, 5) is 14.8. The number of rotatable bonds is 4. The summed E-state index contributed by atoms with van der Waals surface area (Å²) >= 11 is 0. The second kappa shape index (κ2) is 9.97. The molecular weight excluding hydrogens is 357 g/mol. The van der Waals surface area contributed by atoms with Crippen molar-refractivity contribution in [2.45, 2.75) is 25.9 Å². The van der Waals surface area contributed by atoms with Crippen molar-refractivity contribution >= 4 is 41.5 Å². The Labute approximate surface area is 162 Å². The molecule has 0 spiro atoms. The van der Waals surface area contributed by atoms with Gasteiger partial charge < -0.3 is 10.6 Å². The van der Waals surface area contributed by atoms with Gasteiger partial charge in [0, 0.05) is 26.2 Å². The molecule has 1 aliphatic heterocycles. The van der Waals surface area contributed by atoms with Gasteiger partial charge in [-0.05, 0) is 36.2 Å². The lowest BCUT2D eigenvalue weighted by Gasteiger charge is -2.32. The Kier molecular flexibility index (Phi) is 8.66. The lowest BCUT2D eigenvalue weighted by Crippen LogP contribution is -2.52. The van der Waals surface area contributed by atoms with Crippen LogP contribution in [0, 0.1) is 0 Å². The van der Waals surface area contributed by atoms with Crippen LogP contribution >= 0.6 is 24.8 Å². The van der Waals surface area contributed by atoms with Crippen molar-refractivity contribution in [3.8, 4) is 0 Å². The Morgan fingerprint density at radius 3 is 2.36 bits per heavy atom. The van der Waals surface area contributed by atoms with Crippen molar-refractivity contribution in [2.75, 3.05) is 26.2 Å². The highest BCUT2D eigenvalue weighted by Crippen LogP contribution is 2.20. The lowest BCUT2D eigenvalue weighted by atomic mass is 10.0. The fraction of sp³-hybridized carbons (Fsp3) is 0.421. The number of carbonyl (C=O) groups is 1. The molecule has 0 bridgehead atoms. The highest BCUT2D eigenvalue weighted by Gasteiger charge is 2.23. The summed E-state index contributed by atoms with van der Waals surface area (Å²) in [6.45, 7) is 7.81. The second-order valence-electron chi connectivity index (χ2n) is 6.30. The molecule has 2 aromatic carbocycles. The van der Waals surface area contributed by atoms with E-state index in [1.54, 1.807) is 0 Å². The Hall–Kier alpha value is -1.33. The molecule has 2 unspecified atom stereocenters. The molecule has 4 nitrogen and oxygen atoms in total. The smallest absolute Gasteiger partial charge is 0.237 e. The molecule has 1 heterocycles. The van der Waals surface area contributed by atoms with E-state index in [1.165, 1.54) is 10.8 Å². The van der Waals surface area contributed by atoms with Gasteiger partial charge in [0.25, 0.3) is 0 Å². The molecule has 25 heavy (non-hydrogen) atoms. The van der Waals surface area contributed by atoms with E-state index in [4.69, 9.17) is 0 Å². The summed E-state index contributed by atoms with van der Waals surface area (Å²) in [5, 5.41) is 8.91. The number of halogens is 2. The van der Waals surface area contributed by atoms with Crippen LogP contribution in [0.25, 0.3) is 10.8 Å². The maximum Gasteiger partial charge on any atom is 0.237 e. The monoisotopic (exact) mass is 383 g/mol. The molecule has 1 fully saturated rings. The van der Waals surface area contributed by atoms with E-state index in [2.05, 4.69) is 45.9 Å². The van der Waals surface area contributed by atoms with Crippen LogP contribution in [0.5, 0.6) is 0 Å². The highest BCUT2D eigenvalue weighted by molar-refractivity contribution is 5.86. The summed E-state index contributed by atoms with van der Waals surface area (Å²) in [6, 6.07) is 14.6. The number of nitrogens with zero attached hydrogens (tertiary/aromatic N) is 1. The van der Waals surface area contributed by atoms with Crippen LogP contribution in [0.3, 0.4) is 0 Å². The van der Waals surface area contributed by atoms with Crippen molar-refractivity contribution in [1.82, 2.24) is 15.5 Å². The average molecular weight is 384 g/mol. The lowest BCUT2D eigenvalue weighted by molar-refractivity contribution is -0.126. The van der Waals surface area contributed by atoms with Gasteiger partial charge in [0.15, 0.2) is 0 Å². The molecule has 0 aromatic heterocycles. The predicted octanol–water partition coefficient (Wildman–Crippen LogP) is 3.15. The van der Waals surface area contributed by atoms with Gasteiger partial charge in [-0.1, -0.05) is 36.4 Å². The Balaban J connectivity index is 0.00000156. The van der Waals surface area contributed by atoms with Crippen molar-refractivity contribution in [3.63, 3.8) is 0 Å². The summed E-state index contributed by atoms with van der Waals surface area (Å²) < 4.78 is 0. The average Bonchev–Trinajstić information content (AvgIpc) is 2.61. The first-order valence-corrected chi connectivity index (χ1v) is 8.39. The number of piperazine rings is 1. The van der Waals surface area contributed by atoms with Gasteiger partial charge in [0.2, 0.25) is 5.91 Å². The molecule has 0 radical (unpaired) electrons.